The second kappa shape index (κ2) is 4.45. The summed E-state index contributed by atoms with van der Waals surface area (Å²) >= 11 is 0. The maximum Gasteiger partial charge on any atom is 0.335 e. The van der Waals surface area contributed by atoms with Crippen LogP contribution in [0, 0.1) is 0 Å². The number of nitrogens with zero attached hydrogens (tertiary/aromatic N) is 5. The summed E-state index contributed by atoms with van der Waals surface area (Å²) < 4.78 is 1.66. The number of carboxylic acid groups (broad SMARTS) is 1. The van der Waals surface area contributed by atoms with Gasteiger partial charge in [-0.2, -0.15) is 10.2 Å². The maximum atomic E-state index is 10.9. The van der Waals surface area contributed by atoms with Crippen molar-refractivity contribution < 1.29 is 9.90 Å². The number of aromatic nitrogens is 5. The summed E-state index contributed by atoms with van der Waals surface area (Å²) in [5.41, 5.74) is 2.26. The predicted molar refractivity (Wildman–Crippen MR) is 65.6 cm³/mol. The Labute approximate surface area is 107 Å². The third kappa shape index (κ3) is 2.13. The van der Waals surface area contributed by atoms with E-state index in [1.54, 1.807) is 23.0 Å². The van der Waals surface area contributed by atoms with Crippen LogP contribution in [0.3, 0.4) is 0 Å². The maximum absolute atomic E-state index is 10.9. The molecule has 19 heavy (non-hydrogen) atoms. The molecule has 94 valence electrons. The molecule has 0 unspecified atom stereocenters. The first-order chi connectivity index (χ1) is 9.24. The molecule has 0 saturated heterocycles. The lowest BCUT2D eigenvalue weighted by atomic mass is 10.2. The van der Waals surface area contributed by atoms with Gasteiger partial charge in [-0.3, -0.25) is 0 Å². The molecule has 0 aliphatic rings. The molecule has 3 aromatic rings. The minimum atomic E-state index is -0.981. The van der Waals surface area contributed by atoms with E-state index in [1.165, 1.54) is 12.1 Å². The lowest BCUT2D eigenvalue weighted by Gasteiger charge is -2.01. The van der Waals surface area contributed by atoms with Crippen LogP contribution in [0.25, 0.3) is 11.0 Å². The molecule has 1 N–H and O–H groups in total. The van der Waals surface area contributed by atoms with Gasteiger partial charge >= 0.3 is 5.97 Å². The largest absolute Gasteiger partial charge is 0.478 e. The van der Waals surface area contributed by atoms with Gasteiger partial charge in [-0.25, -0.2) is 9.48 Å². The van der Waals surface area contributed by atoms with Crippen molar-refractivity contribution >= 4 is 17.0 Å². The van der Waals surface area contributed by atoms with Crippen molar-refractivity contribution in [2.24, 2.45) is 0 Å². The molecular formula is C12H9N5O2. The van der Waals surface area contributed by atoms with Crippen LogP contribution in [0.4, 0.5) is 0 Å². The quantitative estimate of drug-likeness (QED) is 0.749. The standard InChI is InChI=1S/C12H9N5O2/c18-12(19)8-3-4-11-10(6-8)15-16-17(11)7-9-2-1-5-13-14-9/h1-6H,7H2,(H,18,19). The van der Waals surface area contributed by atoms with E-state index in [-0.39, 0.29) is 5.56 Å². The normalized spacial score (nSPS) is 10.7. The zero-order valence-corrected chi connectivity index (χ0v) is 9.76. The van der Waals surface area contributed by atoms with Gasteiger partial charge in [0.2, 0.25) is 0 Å². The van der Waals surface area contributed by atoms with Crippen molar-refractivity contribution in [1.82, 2.24) is 25.2 Å². The Morgan fingerprint density at radius 3 is 2.89 bits per heavy atom. The Balaban J connectivity index is 1.99. The fourth-order valence-electron chi connectivity index (χ4n) is 1.79. The van der Waals surface area contributed by atoms with E-state index in [2.05, 4.69) is 20.5 Å². The van der Waals surface area contributed by atoms with Crippen molar-refractivity contribution in [2.45, 2.75) is 6.54 Å². The highest BCUT2D eigenvalue weighted by Crippen LogP contribution is 2.14. The molecule has 2 aromatic heterocycles. The van der Waals surface area contributed by atoms with E-state index in [0.717, 1.165) is 11.2 Å². The minimum absolute atomic E-state index is 0.194. The van der Waals surface area contributed by atoms with Crippen LogP contribution in [0.15, 0.2) is 36.5 Å². The average molecular weight is 255 g/mol. The molecule has 0 aliphatic heterocycles. The van der Waals surface area contributed by atoms with Crippen molar-refractivity contribution in [3.63, 3.8) is 0 Å². The molecule has 0 spiro atoms. The van der Waals surface area contributed by atoms with Gasteiger partial charge in [-0.15, -0.1) is 5.10 Å². The molecule has 0 aliphatic carbocycles. The molecule has 0 bridgehead atoms. The van der Waals surface area contributed by atoms with Gasteiger partial charge in [-0.1, -0.05) is 5.21 Å². The minimum Gasteiger partial charge on any atom is -0.478 e. The molecular weight excluding hydrogens is 246 g/mol. The highest BCUT2D eigenvalue weighted by atomic mass is 16.4. The molecule has 0 atom stereocenters. The van der Waals surface area contributed by atoms with E-state index in [1.807, 2.05) is 6.07 Å². The van der Waals surface area contributed by atoms with Gasteiger partial charge in [0.1, 0.15) is 5.52 Å². The number of carboxylic acids is 1. The van der Waals surface area contributed by atoms with Crippen LogP contribution >= 0.6 is 0 Å². The molecule has 0 saturated carbocycles. The Kier molecular flexibility index (Phi) is 2.64. The molecule has 3 rings (SSSR count). The third-order valence-electron chi connectivity index (χ3n) is 2.70. The zero-order valence-electron chi connectivity index (χ0n) is 9.76. The Hall–Kier alpha value is -2.83. The van der Waals surface area contributed by atoms with Gasteiger partial charge < -0.3 is 5.11 Å². The van der Waals surface area contributed by atoms with E-state index in [4.69, 9.17) is 5.11 Å². The van der Waals surface area contributed by atoms with Gasteiger partial charge in [0, 0.05) is 6.20 Å². The van der Waals surface area contributed by atoms with Crippen molar-refractivity contribution in [1.29, 1.82) is 0 Å². The molecule has 7 nitrogen and oxygen atoms in total. The highest BCUT2D eigenvalue weighted by molar-refractivity contribution is 5.92. The molecule has 0 amide bonds. The molecule has 7 heteroatoms. The summed E-state index contributed by atoms with van der Waals surface area (Å²) in [4.78, 5) is 10.9. The van der Waals surface area contributed by atoms with E-state index in [9.17, 15) is 4.79 Å². The van der Waals surface area contributed by atoms with Crippen LogP contribution in [0.2, 0.25) is 0 Å². The van der Waals surface area contributed by atoms with Crippen molar-refractivity contribution in [2.75, 3.05) is 0 Å². The third-order valence-corrected chi connectivity index (χ3v) is 2.70. The number of hydrogen-bond donors (Lipinski definition) is 1. The van der Waals surface area contributed by atoms with E-state index in [0.29, 0.717) is 12.1 Å². The number of benzene rings is 1. The lowest BCUT2D eigenvalue weighted by molar-refractivity contribution is 0.0697. The van der Waals surface area contributed by atoms with E-state index >= 15 is 0 Å². The molecule has 0 radical (unpaired) electrons. The molecule has 1 aromatic carbocycles. The summed E-state index contributed by atoms with van der Waals surface area (Å²) in [6.07, 6.45) is 1.60. The summed E-state index contributed by atoms with van der Waals surface area (Å²) in [6, 6.07) is 8.35. The first-order valence-corrected chi connectivity index (χ1v) is 5.57. The number of hydrogen-bond acceptors (Lipinski definition) is 5. The fourth-order valence-corrected chi connectivity index (χ4v) is 1.79. The predicted octanol–water partition coefficient (Wildman–Crippen LogP) is 0.968. The van der Waals surface area contributed by atoms with Gasteiger partial charge in [0.15, 0.2) is 0 Å². The Morgan fingerprint density at radius 1 is 1.26 bits per heavy atom. The van der Waals surface area contributed by atoms with Gasteiger partial charge in [-0.05, 0) is 30.3 Å². The number of aromatic carboxylic acids is 1. The SMILES string of the molecule is O=C(O)c1ccc2c(c1)nnn2Cc1cccnn1. The summed E-state index contributed by atoms with van der Waals surface area (Å²) in [6.45, 7) is 0.441. The number of fused-ring (bicyclic) bond motifs is 1. The highest BCUT2D eigenvalue weighted by Gasteiger charge is 2.09. The summed E-state index contributed by atoms with van der Waals surface area (Å²) in [7, 11) is 0. The Bertz CT molecular complexity index is 738. The van der Waals surface area contributed by atoms with Crippen LogP contribution in [0.5, 0.6) is 0 Å². The topological polar surface area (TPSA) is 93.8 Å². The van der Waals surface area contributed by atoms with Crippen LogP contribution < -0.4 is 0 Å². The molecule has 0 fully saturated rings. The number of carbonyl (C=O) groups is 1. The Morgan fingerprint density at radius 2 is 2.16 bits per heavy atom. The monoisotopic (exact) mass is 255 g/mol. The average Bonchev–Trinajstić information content (AvgIpc) is 2.82. The van der Waals surface area contributed by atoms with Crippen LogP contribution in [0.1, 0.15) is 16.1 Å². The second-order valence-corrected chi connectivity index (χ2v) is 3.97. The van der Waals surface area contributed by atoms with Crippen LogP contribution in [-0.4, -0.2) is 36.3 Å². The number of rotatable bonds is 3. The second-order valence-electron chi connectivity index (χ2n) is 3.97. The summed E-state index contributed by atoms with van der Waals surface area (Å²) in [5.74, 6) is -0.981. The fraction of sp³-hybridized carbons (Fsp3) is 0.0833. The zero-order chi connectivity index (χ0) is 13.2. The van der Waals surface area contributed by atoms with Crippen molar-refractivity contribution in [3.8, 4) is 0 Å². The summed E-state index contributed by atoms with van der Waals surface area (Å²) in [5, 5.41) is 24.6. The lowest BCUT2D eigenvalue weighted by Crippen LogP contribution is -2.04. The molecule has 2 heterocycles. The van der Waals surface area contributed by atoms with Gasteiger partial charge in [0.05, 0.1) is 23.3 Å². The van der Waals surface area contributed by atoms with Crippen LogP contribution in [-0.2, 0) is 6.54 Å². The van der Waals surface area contributed by atoms with Gasteiger partial charge in [0.25, 0.3) is 0 Å². The smallest absolute Gasteiger partial charge is 0.335 e. The first kappa shape index (κ1) is 11.3. The van der Waals surface area contributed by atoms with Crippen molar-refractivity contribution in [3.05, 3.63) is 47.8 Å². The van der Waals surface area contributed by atoms with E-state index < -0.39 is 5.97 Å². The first-order valence-electron chi connectivity index (χ1n) is 5.57.